The molecule has 3 nitrogen and oxygen atoms in total. The second-order valence-electron chi connectivity index (χ2n) is 5.34. The van der Waals surface area contributed by atoms with Gasteiger partial charge in [0.05, 0.1) is 6.61 Å². The van der Waals surface area contributed by atoms with Gasteiger partial charge in [0.15, 0.2) is 5.54 Å². The number of carbonyl (C=O) groups excluding carboxylic acids is 1. The summed E-state index contributed by atoms with van der Waals surface area (Å²) in [4.78, 5) is 12.7. The van der Waals surface area contributed by atoms with E-state index in [-0.39, 0.29) is 12.0 Å². The number of esters is 1. The summed E-state index contributed by atoms with van der Waals surface area (Å²) in [5.41, 5.74) is 0.200. The molecule has 1 atom stereocenters. The fourth-order valence-electron chi connectivity index (χ4n) is 2.28. The maximum Gasteiger partial charge on any atom is 0.331 e. The Morgan fingerprint density at radius 3 is 2.48 bits per heavy atom. The lowest BCUT2D eigenvalue weighted by Crippen LogP contribution is -2.54. The van der Waals surface area contributed by atoms with Gasteiger partial charge in [-0.1, -0.05) is 37.3 Å². The summed E-state index contributed by atoms with van der Waals surface area (Å²) >= 11 is 1.79. The van der Waals surface area contributed by atoms with E-state index in [0.29, 0.717) is 12.4 Å². The van der Waals surface area contributed by atoms with Crippen LogP contribution in [-0.4, -0.2) is 30.1 Å². The monoisotopic (exact) mass is 309 g/mol. The molecule has 0 heterocycles. The minimum Gasteiger partial charge on any atom is -0.464 e. The molecule has 0 saturated heterocycles. The predicted molar refractivity (Wildman–Crippen MR) is 90.6 cm³/mol. The lowest BCUT2D eigenvalue weighted by atomic mass is 9.91. The van der Waals surface area contributed by atoms with Gasteiger partial charge in [-0.05, 0) is 38.5 Å². The minimum atomic E-state index is -0.773. The maximum atomic E-state index is 12.7. The molecule has 0 amide bonds. The van der Waals surface area contributed by atoms with Crippen molar-refractivity contribution in [1.29, 1.82) is 0 Å². The zero-order chi connectivity index (χ0) is 15.7. The summed E-state index contributed by atoms with van der Waals surface area (Å²) in [6.45, 7) is 8.51. The second-order valence-corrected chi connectivity index (χ2v) is 6.45. The summed E-state index contributed by atoms with van der Waals surface area (Å²) in [7, 11) is 0. The third-order valence-electron chi connectivity index (χ3n) is 3.09. The lowest BCUT2D eigenvalue weighted by Gasteiger charge is -2.34. The standard InChI is InChI=1S/C17H27NO2S/c1-5-12-21-13-17(18-14(3)4,16(19)20-6-2)15-10-8-7-9-11-15/h7-11,14,18H,5-6,12-13H2,1-4H3. The van der Waals surface area contributed by atoms with Crippen molar-refractivity contribution in [2.45, 2.75) is 45.7 Å². The first-order chi connectivity index (χ1) is 10.1. The van der Waals surface area contributed by atoms with Crippen molar-refractivity contribution in [3.05, 3.63) is 35.9 Å². The Kier molecular flexibility index (Phi) is 7.83. The Hall–Kier alpha value is -1.00. The Bertz CT molecular complexity index is 422. The molecule has 0 saturated carbocycles. The van der Waals surface area contributed by atoms with Gasteiger partial charge in [0.1, 0.15) is 0 Å². The van der Waals surface area contributed by atoms with Gasteiger partial charge in [-0.3, -0.25) is 5.32 Å². The zero-order valence-electron chi connectivity index (χ0n) is 13.5. The van der Waals surface area contributed by atoms with E-state index in [1.165, 1.54) is 0 Å². The summed E-state index contributed by atoms with van der Waals surface area (Å²) < 4.78 is 5.38. The molecule has 0 spiro atoms. The van der Waals surface area contributed by atoms with E-state index in [2.05, 4.69) is 26.1 Å². The molecule has 118 valence electrons. The van der Waals surface area contributed by atoms with Gasteiger partial charge >= 0.3 is 5.97 Å². The van der Waals surface area contributed by atoms with E-state index in [1.807, 2.05) is 37.3 Å². The van der Waals surface area contributed by atoms with E-state index in [4.69, 9.17) is 4.74 Å². The molecule has 1 rings (SSSR count). The van der Waals surface area contributed by atoms with Crippen molar-refractivity contribution in [1.82, 2.24) is 5.32 Å². The molecule has 1 unspecified atom stereocenters. The molecule has 0 aliphatic carbocycles. The van der Waals surface area contributed by atoms with Crippen molar-refractivity contribution in [2.24, 2.45) is 0 Å². The van der Waals surface area contributed by atoms with E-state index in [0.717, 1.165) is 17.7 Å². The highest BCUT2D eigenvalue weighted by molar-refractivity contribution is 7.99. The van der Waals surface area contributed by atoms with Gasteiger partial charge in [-0.2, -0.15) is 11.8 Å². The molecule has 1 aromatic carbocycles. The van der Waals surface area contributed by atoms with Gasteiger partial charge in [-0.25, -0.2) is 4.79 Å². The van der Waals surface area contributed by atoms with Crippen LogP contribution >= 0.6 is 11.8 Å². The SMILES string of the molecule is CCCSCC(NC(C)C)(C(=O)OCC)c1ccccc1. The summed E-state index contributed by atoms with van der Waals surface area (Å²) in [6.07, 6.45) is 1.10. The normalized spacial score (nSPS) is 14.0. The Labute approximate surface area is 132 Å². The fourth-order valence-corrected chi connectivity index (χ4v) is 3.39. The highest BCUT2D eigenvalue weighted by atomic mass is 32.2. The largest absolute Gasteiger partial charge is 0.464 e. The summed E-state index contributed by atoms with van der Waals surface area (Å²) in [6, 6.07) is 10.1. The minimum absolute atomic E-state index is 0.187. The van der Waals surface area contributed by atoms with E-state index < -0.39 is 5.54 Å². The van der Waals surface area contributed by atoms with Crippen LogP contribution < -0.4 is 5.32 Å². The number of ether oxygens (including phenoxy) is 1. The van der Waals surface area contributed by atoms with Crippen molar-refractivity contribution in [2.75, 3.05) is 18.1 Å². The molecular formula is C17H27NO2S. The molecular weight excluding hydrogens is 282 g/mol. The van der Waals surface area contributed by atoms with Crippen LogP contribution in [0.3, 0.4) is 0 Å². The van der Waals surface area contributed by atoms with E-state index in [9.17, 15) is 4.79 Å². The molecule has 4 heteroatoms. The average Bonchev–Trinajstić information content (AvgIpc) is 2.47. The number of rotatable bonds is 9. The number of carbonyl (C=O) groups is 1. The third-order valence-corrected chi connectivity index (χ3v) is 4.43. The first-order valence-electron chi connectivity index (χ1n) is 7.65. The number of thioether (sulfide) groups is 1. The van der Waals surface area contributed by atoms with Gasteiger partial charge in [0.25, 0.3) is 0 Å². The number of benzene rings is 1. The average molecular weight is 309 g/mol. The van der Waals surface area contributed by atoms with Gasteiger partial charge in [-0.15, -0.1) is 0 Å². The molecule has 0 bridgehead atoms. The van der Waals surface area contributed by atoms with Crippen LogP contribution in [0.5, 0.6) is 0 Å². The van der Waals surface area contributed by atoms with Crippen molar-refractivity contribution >= 4 is 17.7 Å². The Morgan fingerprint density at radius 1 is 1.29 bits per heavy atom. The maximum absolute atomic E-state index is 12.7. The van der Waals surface area contributed by atoms with Gasteiger partial charge < -0.3 is 4.74 Å². The zero-order valence-corrected chi connectivity index (χ0v) is 14.3. The fraction of sp³-hybridized carbons (Fsp3) is 0.588. The summed E-state index contributed by atoms with van der Waals surface area (Å²) in [5, 5.41) is 3.46. The molecule has 0 radical (unpaired) electrons. The van der Waals surface area contributed by atoms with Crippen LogP contribution in [0.1, 0.15) is 39.7 Å². The second kappa shape index (κ2) is 9.11. The Morgan fingerprint density at radius 2 is 1.95 bits per heavy atom. The van der Waals surface area contributed by atoms with Crippen molar-refractivity contribution in [3.63, 3.8) is 0 Å². The van der Waals surface area contributed by atoms with Crippen LogP contribution in [0, 0.1) is 0 Å². The van der Waals surface area contributed by atoms with Crippen LogP contribution in [0.25, 0.3) is 0 Å². The highest BCUT2D eigenvalue weighted by Gasteiger charge is 2.41. The summed E-state index contributed by atoms with van der Waals surface area (Å²) in [5.74, 6) is 1.53. The van der Waals surface area contributed by atoms with Crippen LogP contribution in [0.2, 0.25) is 0 Å². The molecule has 0 aromatic heterocycles. The Balaban J connectivity index is 3.16. The van der Waals surface area contributed by atoms with E-state index >= 15 is 0 Å². The van der Waals surface area contributed by atoms with Crippen LogP contribution in [-0.2, 0) is 15.1 Å². The van der Waals surface area contributed by atoms with Crippen molar-refractivity contribution < 1.29 is 9.53 Å². The van der Waals surface area contributed by atoms with E-state index in [1.54, 1.807) is 11.8 Å². The first kappa shape index (κ1) is 18.1. The highest BCUT2D eigenvalue weighted by Crippen LogP contribution is 2.28. The molecule has 0 aliphatic heterocycles. The quantitative estimate of drug-likeness (QED) is 0.559. The van der Waals surface area contributed by atoms with Crippen LogP contribution in [0.4, 0.5) is 0 Å². The molecule has 21 heavy (non-hydrogen) atoms. The number of hydrogen-bond donors (Lipinski definition) is 1. The molecule has 1 aromatic rings. The lowest BCUT2D eigenvalue weighted by molar-refractivity contribution is -0.151. The van der Waals surface area contributed by atoms with Crippen LogP contribution in [0.15, 0.2) is 30.3 Å². The van der Waals surface area contributed by atoms with Gasteiger partial charge in [0.2, 0.25) is 0 Å². The smallest absolute Gasteiger partial charge is 0.331 e. The van der Waals surface area contributed by atoms with Crippen molar-refractivity contribution in [3.8, 4) is 0 Å². The molecule has 0 aliphatic rings. The molecule has 0 fully saturated rings. The first-order valence-corrected chi connectivity index (χ1v) is 8.80. The number of hydrogen-bond acceptors (Lipinski definition) is 4. The third kappa shape index (κ3) is 5.04. The predicted octanol–water partition coefficient (Wildman–Crippen LogP) is 3.59. The number of nitrogens with one attached hydrogen (secondary N) is 1. The topological polar surface area (TPSA) is 38.3 Å². The van der Waals surface area contributed by atoms with Gasteiger partial charge in [0, 0.05) is 11.8 Å². The molecule has 1 N–H and O–H groups in total.